The van der Waals surface area contributed by atoms with Gasteiger partial charge >= 0.3 is 17.1 Å². The minimum absolute atomic E-state index is 0. The molecule has 1 radical (unpaired) electrons. The second-order valence-electron chi connectivity index (χ2n) is 3.62. The molecule has 0 fully saturated rings. The third kappa shape index (κ3) is 2.88. The Balaban J connectivity index is 0.000000147. The van der Waals surface area contributed by atoms with Crippen LogP contribution in [0.3, 0.4) is 0 Å². The molecule has 0 aliphatic rings. The van der Waals surface area contributed by atoms with Crippen LogP contribution in [0.4, 0.5) is 0 Å². The van der Waals surface area contributed by atoms with Crippen molar-refractivity contribution in [1.82, 2.24) is 40.3 Å². The first-order chi connectivity index (χ1) is 9.75. The number of nitrogens with zero attached hydrogens (tertiary/aromatic N) is 6. The first-order valence-electron chi connectivity index (χ1n) is 5.38. The average molecular weight is 334 g/mol. The summed E-state index contributed by atoms with van der Waals surface area (Å²) < 4.78 is 0. The van der Waals surface area contributed by atoms with Crippen molar-refractivity contribution in [2.24, 2.45) is 0 Å². The summed E-state index contributed by atoms with van der Waals surface area (Å²) in [5.74, 6) is -0.586. The monoisotopic (exact) mass is 333 g/mol. The van der Waals surface area contributed by atoms with Gasteiger partial charge in [-0.05, 0) is 0 Å². The van der Waals surface area contributed by atoms with E-state index >= 15 is 0 Å². The molecule has 4 heterocycles. The molecule has 0 saturated heterocycles. The summed E-state index contributed by atoms with van der Waals surface area (Å²) in [6.45, 7) is 0. The van der Waals surface area contributed by atoms with Gasteiger partial charge in [-0.15, -0.1) is 0 Å². The molecule has 10 nitrogen and oxygen atoms in total. The molecule has 0 spiro atoms. The molecule has 0 aliphatic carbocycles. The Hall–Kier alpha value is -2.78. The van der Waals surface area contributed by atoms with Crippen LogP contribution in [0.25, 0.3) is 22.1 Å². The molecule has 0 unspecified atom stereocenters. The molecule has 0 amide bonds. The van der Waals surface area contributed by atoms with E-state index in [2.05, 4.69) is 40.3 Å². The summed E-state index contributed by atoms with van der Waals surface area (Å²) in [6, 6.07) is 0. The molecule has 0 atom stereocenters. The number of hydrogen-bond donors (Lipinski definition) is 2. The molecule has 4 rings (SSSR count). The predicted octanol–water partition coefficient (Wildman–Crippen LogP) is -1.15. The van der Waals surface area contributed by atoms with Gasteiger partial charge in [-0.2, -0.15) is 10.2 Å². The van der Waals surface area contributed by atoms with Crippen molar-refractivity contribution >= 4 is 22.1 Å². The van der Waals surface area contributed by atoms with Crippen LogP contribution in [0.5, 0.6) is 11.8 Å². The zero-order valence-corrected chi connectivity index (χ0v) is 11.1. The zero-order valence-electron chi connectivity index (χ0n) is 10.1. The molecule has 2 N–H and O–H groups in total. The van der Waals surface area contributed by atoms with Gasteiger partial charge in [-0.25, -0.2) is 9.97 Å². The molecule has 0 aromatic carbocycles. The third-order valence-electron chi connectivity index (χ3n) is 2.42. The van der Waals surface area contributed by atoms with E-state index in [1.54, 1.807) is 0 Å². The van der Waals surface area contributed by atoms with Gasteiger partial charge in [0.25, 0.3) is 0 Å². The zero-order chi connectivity index (χ0) is 13.9. The normalized spacial score (nSPS) is 9.90. The fourth-order valence-electron chi connectivity index (χ4n) is 1.49. The van der Waals surface area contributed by atoms with E-state index in [0.29, 0.717) is 22.1 Å². The molecule has 109 valence electrons. The van der Waals surface area contributed by atoms with Crippen molar-refractivity contribution in [3.8, 4) is 11.8 Å². The van der Waals surface area contributed by atoms with Crippen molar-refractivity contribution in [1.29, 1.82) is 0 Å². The number of nitrogens with one attached hydrogen (secondary N) is 2. The third-order valence-corrected chi connectivity index (χ3v) is 2.42. The van der Waals surface area contributed by atoms with Crippen LogP contribution >= 0.6 is 0 Å². The minimum Gasteiger partial charge on any atom is -0.858 e. The molecule has 0 saturated carbocycles. The molecule has 4 aromatic heterocycles. The van der Waals surface area contributed by atoms with Gasteiger partial charge in [0, 0.05) is 22.5 Å². The summed E-state index contributed by atoms with van der Waals surface area (Å²) >= 11 is 0. The quantitative estimate of drug-likeness (QED) is 0.382. The first-order valence-corrected chi connectivity index (χ1v) is 5.38. The van der Waals surface area contributed by atoms with E-state index in [0.717, 1.165) is 0 Å². The molecular formula is C10H6CuN8O2. The molecule has 0 aliphatic heterocycles. The summed E-state index contributed by atoms with van der Waals surface area (Å²) in [4.78, 5) is 14.5. The van der Waals surface area contributed by atoms with Crippen LogP contribution in [0, 0.1) is 0 Å². The van der Waals surface area contributed by atoms with Crippen molar-refractivity contribution in [2.45, 2.75) is 0 Å². The molecule has 11 heteroatoms. The Morgan fingerprint density at radius 1 is 0.714 bits per heavy atom. The van der Waals surface area contributed by atoms with Gasteiger partial charge in [0.2, 0.25) is 0 Å². The number of aromatic nitrogens is 8. The Morgan fingerprint density at radius 3 is 1.52 bits per heavy atom. The Labute approximate surface area is 127 Å². The van der Waals surface area contributed by atoms with Gasteiger partial charge in [0.1, 0.15) is 12.7 Å². The van der Waals surface area contributed by atoms with E-state index in [1.165, 1.54) is 25.0 Å². The van der Waals surface area contributed by atoms with Crippen LogP contribution in [0.1, 0.15) is 0 Å². The Bertz CT molecular complexity index is 788. The topological polar surface area (TPSA) is 155 Å². The number of fused-ring (bicyclic) bond motifs is 2. The summed E-state index contributed by atoms with van der Waals surface area (Å²) in [5.41, 5.74) is 0.972. The van der Waals surface area contributed by atoms with Gasteiger partial charge in [-0.1, -0.05) is 0 Å². The van der Waals surface area contributed by atoms with Crippen LogP contribution in [-0.4, -0.2) is 40.3 Å². The number of hydrogen-bond acceptors (Lipinski definition) is 8. The van der Waals surface area contributed by atoms with E-state index in [4.69, 9.17) is 0 Å². The maximum Gasteiger partial charge on any atom is 2.00 e. The Morgan fingerprint density at radius 2 is 1.14 bits per heavy atom. The van der Waals surface area contributed by atoms with Crippen LogP contribution in [0.15, 0.2) is 25.0 Å². The van der Waals surface area contributed by atoms with Crippen molar-refractivity contribution in [2.75, 3.05) is 0 Å². The van der Waals surface area contributed by atoms with Gasteiger partial charge in [-0.3, -0.25) is 20.2 Å². The minimum atomic E-state index is -0.293. The van der Waals surface area contributed by atoms with Crippen molar-refractivity contribution in [3.63, 3.8) is 0 Å². The second-order valence-corrected chi connectivity index (χ2v) is 3.62. The second kappa shape index (κ2) is 6.11. The number of H-pyrrole nitrogens is 2. The summed E-state index contributed by atoms with van der Waals surface area (Å²) in [6.07, 6.45) is 5.25. The van der Waals surface area contributed by atoms with Gasteiger partial charge in [0.05, 0.1) is 12.4 Å². The first kappa shape index (κ1) is 14.6. The van der Waals surface area contributed by atoms with E-state index in [1.807, 2.05) is 0 Å². The van der Waals surface area contributed by atoms with E-state index in [-0.39, 0.29) is 28.8 Å². The van der Waals surface area contributed by atoms with Gasteiger partial charge in [0.15, 0.2) is 11.3 Å². The number of rotatable bonds is 0. The van der Waals surface area contributed by atoms with Crippen LogP contribution in [0.2, 0.25) is 0 Å². The maximum atomic E-state index is 10.8. The van der Waals surface area contributed by atoms with E-state index in [9.17, 15) is 10.2 Å². The average Bonchev–Trinajstić information content (AvgIpc) is 3.08. The fourth-order valence-corrected chi connectivity index (χ4v) is 1.49. The molecule has 4 aromatic rings. The molecule has 21 heavy (non-hydrogen) atoms. The molecule has 0 bridgehead atoms. The van der Waals surface area contributed by atoms with E-state index < -0.39 is 0 Å². The fraction of sp³-hybridized carbons (Fsp3) is 0. The van der Waals surface area contributed by atoms with Gasteiger partial charge < -0.3 is 10.2 Å². The summed E-state index contributed by atoms with van der Waals surface area (Å²) in [5, 5.41) is 34.9. The predicted molar refractivity (Wildman–Crippen MR) is 62.3 cm³/mol. The van der Waals surface area contributed by atoms with Crippen molar-refractivity contribution < 1.29 is 27.3 Å². The summed E-state index contributed by atoms with van der Waals surface area (Å²) in [7, 11) is 0. The largest absolute Gasteiger partial charge is 2.00 e. The standard InChI is InChI=1S/2C5H4N4O.Cu/c2*10-5-3-1-8-9-4(3)6-2-7-5;/h2*1-2H,(H2,6,7,8,9,10);/q;;+2/p-2. The van der Waals surface area contributed by atoms with Crippen LogP contribution < -0.4 is 10.2 Å². The van der Waals surface area contributed by atoms with Crippen LogP contribution in [-0.2, 0) is 17.1 Å². The van der Waals surface area contributed by atoms with Crippen molar-refractivity contribution in [3.05, 3.63) is 25.0 Å². The Kier molecular flexibility index (Phi) is 4.26. The molecular weight excluding hydrogens is 328 g/mol. The smallest absolute Gasteiger partial charge is 0.858 e. The maximum absolute atomic E-state index is 10.8. The SMILES string of the molecule is [Cu+2].[O-]c1ncnc2[nH]ncc12.[O-]c1ncnc2[nH]ncc12. The number of aromatic amines is 2.